The molecule has 7 heavy (non-hydrogen) atoms. The lowest BCUT2D eigenvalue weighted by Crippen LogP contribution is -2.27. The molecule has 1 rings (SSSR count). The van der Waals surface area contributed by atoms with Gasteiger partial charge in [-0.15, -0.1) is 0 Å². The molecule has 1 aliphatic rings. The second-order valence-electron chi connectivity index (χ2n) is 1.26. The fraction of sp³-hybridized carbons (Fsp3) is 1.00. The van der Waals surface area contributed by atoms with Crippen molar-refractivity contribution in [2.45, 2.75) is 6.92 Å². The van der Waals surface area contributed by atoms with Gasteiger partial charge in [0.2, 0.25) is 0 Å². The Hall–Kier alpha value is -0.640. The van der Waals surface area contributed by atoms with Crippen LogP contribution in [0.4, 0.5) is 0 Å². The zero-order valence-electron chi connectivity index (χ0n) is 4.26. The number of rotatable bonds is 1. The molecular formula is C3H8N4. The first kappa shape index (κ1) is 4.52. The topological polar surface area (TPSA) is 40.0 Å². The highest BCUT2D eigenvalue weighted by molar-refractivity contribution is 4.42. The second-order valence-corrected chi connectivity index (χ2v) is 1.26. The summed E-state index contributed by atoms with van der Waals surface area (Å²) in [5, 5.41) is 9.07. The Bertz CT molecular complexity index is 79.0. The van der Waals surface area contributed by atoms with E-state index in [4.69, 9.17) is 0 Å². The third kappa shape index (κ3) is 0.866. The number of hydrogen-bond acceptors (Lipinski definition) is 4. The van der Waals surface area contributed by atoms with Gasteiger partial charge in [0.05, 0.1) is 6.54 Å². The molecule has 0 aromatic rings. The van der Waals surface area contributed by atoms with Crippen molar-refractivity contribution in [1.82, 2.24) is 10.5 Å². The van der Waals surface area contributed by atoms with Crippen molar-refractivity contribution in [2.75, 3.05) is 13.2 Å². The van der Waals surface area contributed by atoms with Gasteiger partial charge in [0, 0.05) is 0 Å². The van der Waals surface area contributed by atoms with Crippen LogP contribution in [0.15, 0.2) is 10.3 Å². The number of nitrogens with one attached hydrogen (secondary N) is 1. The third-order valence-corrected chi connectivity index (χ3v) is 0.795. The standard InChI is InChI=1S/C3H8N4/c1-2-7-5-3-4-6-7/h5H,2-3H2,1H3. The Labute approximate surface area is 42.2 Å². The molecule has 0 aromatic carbocycles. The van der Waals surface area contributed by atoms with Crippen LogP contribution in [0.25, 0.3) is 0 Å². The van der Waals surface area contributed by atoms with Gasteiger partial charge in [-0.2, -0.15) is 10.5 Å². The molecule has 1 heterocycles. The van der Waals surface area contributed by atoms with Crippen molar-refractivity contribution in [3.05, 3.63) is 0 Å². The van der Waals surface area contributed by atoms with Crippen LogP contribution in [0.5, 0.6) is 0 Å². The molecule has 1 N–H and O–H groups in total. The second kappa shape index (κ2) is 1.88. The van der Waals surface area contributed by atoms with E-state index in [0.29, 0.717) is 6.67 Å². The first-order valence-corrected chi connectivity index (χ1v) is 2.32. The normalized spacial score (nSPS) is 18.7. The van der Waals surface area contributed by atoms with Crippen molar-refractivity contribution >= 4 is 0 Å². The van der Waals surface area contributed by atoms with E-state index >= 15 is 0 Å². The molecule has 0 radical (unpaired) electrons. The number of hydrazine groups is 1. The average Bonchev–Trinajstić information content (AvgIpc) is 2.14. The van der Waals surface area contributed by atoms with Crippen LogP contribution in [0.3, 0.4) is 0 Å². The van der Waals surface area contributed by atoms with E-state index in [2.05, 4.69) is 15.8 Å². The van der Waals surface area contributed by atoms with Gasteiger partial charge in [-0.25, -0.2) is 5.12 Å². The summed E-state index contributed by atoms with van der Waals surface area (Å²) < 4.78 is 0. The predicted octanol–water partition coefficient (Wildman–Crippen LogP) is 0.151. The fourth-order valence-corrected chi connectivity index (χ4v) is 0.428. The molecule has 0 unspecified atom stereocenters. The van der Waals surface area contributed by atoms with Gasteiger partial charge in [-0.1, -0.05) is 5.22 Å². The Balaban J connectivity index is 2.28. The Morgan fingerprint density at radius 3 is 3.00 bits per heavy atom. The monoisotopic (exact) mass is 100 g/mol. The zero-order chi connectivity index (χ0) is 5.11. The summed E-state index contributed by atoms with van der Waals surface area (Å²) >= 11 is 0. The van der Waals surface area contributed by atoms with Crippen LogP contribution in [0.2, 0.25) is 0 Å². The molecule has 0 atom stereocenters. The lowest BCUT2D eigenvalue weighted by atomic mass is 10.8. The molecule has 0 amide bonds. The van der Waals surface area contributed by atoms with Gasteiger partial charge in [0.15, 0.2) is 0 Å². The van der Waals surface area contributed by atoms with Crippen LogP contribution in [-0.2, 0) is 0 Å². The lowest BCUT2D eigenvalue weighted by Gasteiger charge is -2.05. The molecule has 0 saturated heterocycles. The van der Waals surface area contributed by atoms with Crippen molar-refractivity contribution in [3.8, 4) is 0 Å². The predicted molar refractivity (Wildman–Crippen MR) is 25.2 cm³/mol. The first-order chi connectivity index (χ1) is 3.43. The minimum atomic E-state index is 0.633. The van der Waals surface area contributed by atoms with Crippen LogP contribution >= 0.6 is 0 Å². The van der Waals surface area contributed by atoms with E-state index in [1.807, 2.05) is 6.92 Å². The average molecular weight is 100 g/mol. The molecule has 0 spiro atoms. The van der Waals surface area contributed by atoms with Gasteiger partial charge < -0.3 is 0 Å². The van der Waals surface area contributed by atoms with Gasteiger partial charge in [-0.05, 0) is 6.92 Å². The maximum atomic E-state index is 3.70. The summed E-state index contributed by atoms with van der Waals surface area (Å²) in [5.41, 5.74) is 2.91. The van der Waals surface area contributed by atoms with Crippen LogP contribution in [0, 0.1) is 0 Å². The van der Waals surface area contributed by atoms with Crippen LogP contribution < -0.4 is 5.43 Å². The summed E-state index contributed by atoms with van der Waals surface area (Å²) in [5.74, 6) is 0. The highest BCUT2D eigenvalue weighted by Gasteiger charge is 1.98. The van der Waals surface area contributed by atoms with Crippen molar-refractivity contribution in [1.29, 1.82) is 0 Å². The van der Waals surface area contributed by atoms with E-state index in [-0.39, 0.29) is 0 Å². The Kier molecular flexibility index (Phi) is 1.21. The Morgan fingerprint density at radius 2 is 2.71 bits per heavy atom. The minimum absolute atomic E-state index is 0.633. The first-order valence-electron chi connectivity index (χ1n) is 2.32. The van der Waals surface area contributed by atoms with Crippen molar-refractivity contribution in [3.63, 3.8) is 0 Å². The molecular weight excluding hydrogens is 92.1 g/mol. The minimum Gasteiger partial charge on any atom is -0.210 e. The Morgan fingerprint density at radius 1 is 1.86 bits per heavy atom. The highest BCUT2D eigenvalue weighted by Crippen LogP contribution is 1.89. The smallest absolute Gasteiger partial charge is 0.130 e. The largest absolute Gasteiger partial charge is 0.210 e. The number of hydrogen-bond donors (Lipinski definition) is 1. The molecule has 0 bridgehead atoms. The molecule has 0 aromatic heterocycles. The van der Waals surface area contributed by atoms with Gasteiger partial charge >= 0.3 is 0 Å². The molecule has 40 valence electrons. The van der Waals surface area contributed by atoms with E-state index in [9.17, 15) is 0 Å². The summed E-state index contributed by atoms with van der Waals surface area (Å²) in [6, 6.07) is 0. The molecule has 0 fully saturated rings. The van der Waals surface area contributed by atoms with Crippen LogP contribution in [-0.4, -0.2) is 18.3 Å². The van der Waals surface area contributed by atoms with E-state index in [1.165, 1.54) is 0 Å². The van der Waals surface area contributed by atoms with E-state index in [1.54, 1.807) is 5.12 Å². The van der Waals surface area contributed by atoms with Gasteiger partial charge in [0.25, 0.3) is 0 Å². The molecule has 1 aliphatic heterocycles. The van der Waals surface area contributed by atoms with Crippen LogP contribution in [0.1, 0.15) is 6.92 Å². The molecule has 0 saturated carbocycles. The zero-order valence-corrected chi connectivity index (χ0v) is 4.26. The lowest BCUT2D eigenvalue weighted by molar-refractivity contribution is 0.243. The SMILES string of the molecule is CCN1N=NCN1. The van der Waals surface area contributed by atoms with Gasteiger partial charge in [-0.3, -0.25) is 0 Å². The maximum absolute atomic E-state index is 3.70. The highest BCUT2D eigenvalue weighted by atomic mass is 15.8. The summed E-state index contributed by atoms with van der Waals surface area (Å²) in [7, 11) is 0. The molecule has 0 aliphatic carbocycles. The fourth-order valence-electron chi connectivity index (χ4n) is 0.428. The van der Waals surface area contributed by atoms with Crippen molar-refractivity contribution in [2.24, 2.45) is 10.3 Å². The summed E-state index contributed by atoms with van der Waals surface area (Å²) in [4.78, 5) is 0. The van der Waals surface area contributed by atoms with Gasteiger partial charge in [0.1, 0.15) is 6.67 Å². The van der Waals surface area contributed by atoms with Crippen molar-refractivity contribution < 1.29 is 0 Å². The third-order valence-electron chi connectivity index (χ3n) is 0.795. The molecule has 4 nitrogen and oxygen atoms in total. The quantitative estimate of drug-likeness (QED) is 0.509. The summed E-state index contributed by atoms with van der Waals surface area (Å²) in [6.07, 6.45) is 0. The van der Waals surface area contributed by atoms with E-state index < -0.39 is 0 Å². The maximum Gasteiger partial charge on any atom is 0.130 e. The molecule has 4 heteroatoms. The summed E-state index contributed by atoms with van der Waals surface area (Å²) in [6.45, 7) is 3.52. The number of nitrogens with zero attached hydrogens (tertiary/aromatic N) is 3. The van der Waals surface area contributed by atoms with E-state index in [0.717, 1.165) is 6.54 Å².